The molecule has 10 nitrogen and oxygen atoms in total. The van der Waals surface area contributed by atoms with Gasteiger partial charge in [0, 0.05) is 120 Å². The van der Waals surface area contributed by atoms with Crippen LogP contribution in [-0.2, 0) is 0 Å². The number of hydrogen-bond donors (Lipinski definition) is 0. The number of furan rings is 1. The average Bonchev–Trinajstić information content (AvgIpc) is 1.88. The van der Waals surface area contributed by atoms with E-state index in [1.807, 2.05) is 12.1 Å². The Morgan fingerprint density at radius 3 is 0.688 bits per heavy atom. The molecule has 0 aliphatic heterocycles. The van der Waals surface area contributed by atoms with Gasteiger partial charge >= 0.3 is 0 Å². The third-order valence-corrected chi connectivity index (χ3v) is 29.3. The van der Waals surface area contributed by atoms with Crippen molar-refractivity contribution in [2.45, 2.75) is 0 Å². The summed E-state index contributed by atoms with van der Waals surface area (Å²) in [5.74, 6) is 1.28. The first-order chi connectivity index (χ1) is 68.4. The molecule has 0 amide bonds. The number of para-hydroxylation sites is 10. The molecule has 0 N–H and O–H groups in total. The summed E-state index contributed by atoms with van der Waals surface area (Å²) in [5, 5.41) is 19.3. The van der Waals surface area contributed by atoms with E-state index in [2.05, 4.69) is 487 Å². The summed E-state index contributed by atoms with van der Waals surface area (Å²) < 4.78 is 23.2. The van der Waals surface area contributed by atoms with Crippen molar-refractivity contribution in [1.82, 2.24) is 41.9 Å². The summed E-state index contributed by atoms with van der Waals surface area (Å²) in [6.45, 7) is 0. The Labute approximate surface area is 789 Å². The topological polar surface area (TPSA) is 73.4 Å². The molecule has 0 bridgehead atoms. The second-order valence-electron chi connectivity index (χ2n) is 36.7. The van der Waals surface area contributed by atoms with E-state index in [4.69, 9.17) is 14.4 Å². The van der Waals surface area contributed by atoms with Gasteiger partial charge < -0.3 is 27.3 Å². The number of fused-ring (bicyclic) bond motifs is 25. The fraction of sp³-hybridized carbons (Fsp3) is 0. The van der Waals surface area contributed by atoms with Gasteiger partial charge in [-0.3, -0.25) is 9.13 Å². The Morgan fingerprint density at radius 2 is 0.370 bits per heavy atom. The van der Waals surface area contributed by atoms with Crippen LogP contribution in [0.1, 0.15) is 0 Å². The monoisotopic (exact) mass is 1760 g/mol. The summed E-state index contributed by atoms with van der Waals surface area (Å²) in [4.78, 5) is 12.3. The first-order valence-electron chi connectivity index (χ1n) is 47.2. The third kappa shape index (κ3) is 11.3. The van der Waals surface area contributed by atoms with Crippen LogP contribution in [0.4, 0.5) is 0 Å². The summed E-state index contributed by atoms with van der Waals surface area (Å²) in [5.41, 5.74) is 34.5. The van der Waals surface area contributed by atoms with Crippen molar-refractivity contribution in [3.63, 3.8) is 0 Å². The Hall–Kier alpha value is -18.6. The molecule has 10 heteroatoms. The molecule has 21 aromatic carbocycles. The highest BCUT2D eigenvalue weighted by Crippen LogP contribution is 2.48. The summed E-state index contributed by atoms with van der Waals surface area (Å²) in [6.07, 6.45) is 0. The van der Waals surface area contributed by atoms with Crippen LogP contribution in [0.15, 0.2) is 472 Å². The van der Waals surface area contributed by atoms with Crippen LogP contribution in [0, 0.1) is 0 Å². The maximum atomic E-state index is 6.38. The zero-order valence-corrected chi connectivity index (χ0v) is 74.4. The van der Waals surface area contributed by atoms with Crippen LogP contribution in [0.25, 0.3) is 281 Å². The van der Waals surface area contributed by atoms with Crippen LogP contribution < -0.4 is 0 Å². The molecule has 0 aliphatic carbocycles. The predicted octanol–water partition coefficient (Wildman–Crippen LogP) is 33.5. The van der Waals surface area contributed by atoms with E-state index in [-0.39, 0.29) is 0 Å². The van der Waals surface area contributed by atoms with Gasteiger partial charge in [-0.15, -0.1) is 0 Å². The first-order valence-corrected chi connectivity index (χ1v) is 47.2. The molecule has 640 valence electrons. The van der Waals surface area contributed by atoms with Crippen molar-refractivity contribution in [3.8, 4) is 95.8 Å². The molecule has 30 rings (SSSR count). The minimum Gasteiger partial charge on any atom is -0.456 e. The van der Waals surface area contributed by atoms with Gasteiger partial charge in [-0.1, -0.05) is 243 Å². The Balaban J connectivity index is 0.667. The molecule has 0 saturated carbocycles. The van der Waals surface area contributed by atoms with Crippen molar-refractivity contribution < 1.29 is 4.42 Å². The van der Waals surface area contributed by atoms with Crippen LogP contribution in [0.2, 0.25) is 0 Å². The van der Waals surface area contributed by atoms with Crippen molar-refractivity contribution in [3.05, 3.63) is 467 Å². The number of nitrogens with zero attached hydrogens (tertiary/aromatic N) is 9. The molecule has 30 aromatic rings. The third-order valence-electron chi connectivity index (χ3n) is 29.3. The van der Waals surface area contributed by atoms with E-state index < -0.39 is 0 Å². The van der Waals surface area contributed by atoms with E-state index in [1.54, 1.807) is 0 Å². The quantitative estimate of drug-likeness (QED) is 0.122. The molecule has 9 aromatic heterocycles. The maximum Gasteiger partial charge on any atom is 0.237 e. The predicted molar refractivity (Wildman–Crippen MR) is 574 cm³/mol. The van der Waals surface area contributed by atoms with Crippen molar-refractivity contribution in [1.29, 1.82) is 0 Å². The van der Waals surface area contributed by atoms with Crippen LogP contribution in [0.3, 0.4) is 0 Å². The van der Waals surface area contributed by atoms with Gasteiger partial charge in [0.1, 0.15) is 11.2 Å². The second kappa shape index (κ2) is 29.4. The van der Waals surface area contributed by atoms with E-state index in [0.29, 0.717) is 5.95 Å². The van der Waals surface area contributed by atoms with Gasteiger partial charge in [-0.25, -0.2) is 4.98 Å². The number of hydrogen-bond acceptors (Lipinski definition) is 3. The van der Waals surface area contributed by atoms with Gasteiger partial charge in [-0.2, -0.15) is 4.98 Å². The van der Waals surface area contributed by atoms with Crippen LogP contribution >= 0.6 is 0 Å². The van der Waals surface area contributed by atoms with Gasteiger partial charge in [0.2, 0.25) is 5.95 Å². The van der Waals surface area contributed by atoms with E-state index in [1.165, 1.54) is 43.1 Å². The van der Waals surface area contributed by atoms with Crippen molar-refractivity contribution >= 4 is 185 Å². The number of aromatic nitrogens is 9. The fourth-order valence-electron chi connectivity index (χ4n) is 23.1. The highest BCUT2D eigenvalue weighted by atomic mass is 16.3. The second-order valence-corrected chi connectivity index (χ2v) is 36.7. The van der Waals surface area contributed by atoms with Gasteiger partial charge in [0.15, 0.2) is 5.82 Å². The van der Waals surface area contributed by atoms with Gasteiger partial charge in [0.05, 0.1) is 82.8 Å². The molecule has 0 radical (unpaired) electrons. The van der Waals surface area contributed by atoms with E-state index >= 15 is 0 Å². The molecule has 0 aliphatic rings. The lowest BCUT2D eigenvalue weighted by Gasteiger charge is -2.16. The van der Waals surface area contributed by atoms with Gasteiger partial charge in [0.25, 0.3) is 0 Å². The molecule has 9 heterocycles. The minimum absolute atomic E-state index is 0.538. The molecule has 0 spiro atoms. The Morgan fingerprint density at radius 1 is 0.138 bits per heavy atom. The normalized spacial score (nSPS) is 12.2. The lowest BCUT2D eigenvalue weighted by molar-refractivity contribution is 0.669. The lowest BCUT2D eigenvalue weighted by atomic mass is 9.98. The molecule has 0 atom stereocenters. The summed E-state index contributed by atoms with van der Waals surface area (Å²) in [7, 11) is 0. The highest BCUT2D eigenvalue weighted by molar-refractivity contribution is 6.20. The number of benzene rings is 21. The smallest absolute Gasteiger partial charge is 0.237 e. The van der Waals surface area contributed by atoms with Crippen molar-refractivity contribution in [2.24, 2.45) is 0 Å². The molecular weight excluding hydrogens is 1680 g/mol. The average molecular weight is 1760 g/mol. The Kier molecular flexibility index (Phi) is 16.2. The Bertz CT molecular complexity index is 10000. The molecule has 138 heavy (non-hydrogen) atoms. The standard InChI is InChI=1S/C128H77N9O/c1-5-25-88(26-6-1)131-111-39-19-13-33-93(111)99-67-78(45-57-116(99)131)83-50-62-121-104(72-83)105-73-84(79-46-58-117-100(68-79)94-34-14-20-40-112(94)132(117)89-27-7-2-8-28-89)51-63-122(105)136(121)127-109-77-92(135-115-43-23-17-37-97(115)103-71-82(49-61-120(103)135)87-54-66-126-108(76-87)98-38-18-24-44-125(98)138-126)55-56-110(109)129-128(130-127)137-123-64-52-85(80-47-59-118-101(69-80)95-35-15-21-41-113(95)133(118)90-29-9-3-10-30-90)74-106(123)107-75-86(53-65-124(107)137)81-48-60-119-102(70-81)96-36-16-22-42-114(96)134(119)91-31-11-4-12-32-91/h1-77H. The first kappa shape index (κ1) is 76.0. The van der Waals surface area contributed by atoms with Crippen molar-refractivity contribution in [2.75, 3.05) is 0 Å². The SMILES string of the molecule is c1ccc(-n2c3ccccc3c3cc(-c4ccc5c(c4)c4cc(-c6ccc7c(c6)c6ccccc6n7-c6ccccc6)ccc4n5-c4nc(-n5c6ccc(-c7ccc8c(c7)c7ccccc7n8-c7ccccc7)cc6c6cc(-c7ccc8c(c7)c7ccccc7n8-c7ccccc7)ccc65)c5cc(-n6c7ccccc7c7cc(-c8ccc9oc%10ccccc%10c9c8)ccc76)ccc5n4)ccc32)cc1. The number of rotatable bonds is 12. The highest BCUT2D eigenvalue weighted by Gasteiger charge is 2.28. The summed E-state index contributed by atoms with van der Waals surface area (Å²) in [6, 6.07) is 172. The zero-order chi connectivity index (χ0) is 90.1. The van der Waals surface area contributed by atoms with Gasteiger partial charge in [-0.05, 0) is 280 Å². The molecule has 0 saturated heterocycles. The largest absolute Gasteiger partial charge is 0.456 e. The van der Waals surface area contributed by atoms with Crippen LogP contribution in [-0.4, -0.2) is 41.9 Å². The zero-order valence-electron chi connectivity index (χ0n) is 74.4. The molecular formula is C128H77N9O. The van der Waals surface area contributed by atoms with E-state index in [0.717, 1.165) is 232 Å². The van der Waals surface area contributed by atoms with E-state index in [9.17, 15) is 0 Å². The van der Waals surface area contributed by atoms with Crippen LogP contribution in [0.5, 0.6) is 0 Å². The lowest BCUT2D eigenvalue weighted by Crippen LogP contribution is -2.08. The maximum absolute atomic E-state index is 6.38. The molecule has 0 unspecified atom stereocenters. The fourth-order valence-corrected chi connectivity index (χ4v) is 23.1. The minimum atomic E-state index is 0.538. The molecule has 0 fully saturated rings. The summed E-state index contributed by atoms with van der Waals surface area (Å²) >= 11 is 0.